The van der Waals surface area contributed by atoms with Crippen LogP contribution in [0.3, 0.4) is 0 Å². The fourth-order valence-electron chi connectivity index (χ4n) is 2.11. The van der Waals surface area contributed by atoms with Crippen molar-refractivity contribution >= 4 is 0 Å². The Morgan fingerprint density at radius 1 is 1.33 bits per heavy atom. The average molecular weight is 248 g/mol. The van der Waals surface area contributed by atoms with Gasteiger partial charge in [-0.3, -0.25) is 0 Å². The van der Waals surface area contributed by atoms with Gasteiger partial charge in [0.05, 0.1) is 6.61 Å². The van der Waals surface area contributed by atoms with E-state index in [0.29, 0.717) is 5.92 Å². The Labute approximate surface area is 110 Å². The standard InChI is InChI=1S/C15H24N2O/c1-15(2,17(3)4)11-16-9-12-10-18-14-8-6-5-7-13(12)14/h5-8,12,16H,9-11H2,1-4H3. The van der Waals surface area contributed by atoms with E-state index in [-0.39, 0.29) is 5.54 Å². The molecule has 0 saturated heterocycles. The van der Waals surface area contributed by atoms with Crippen molar-refractivity contribution in [1.82, 2.24) is 10.2 Å². The predicted molar refractivity (Wildman–Crippen MR) is 75.3 cm³/mol. The summed E-state index contributed by atoms with van der Waals surface area (Å²) >= 11 is 0. The minimum atomic E-state index is 0.180. The van der Waals surface area contributed by atoms with Crippen molar-refractivity contribution < 1.29 is 4.74 Å². The Morgan fingerprint density at radius 3 is 2.78 bits per heavy atom. The lowest BCUT2D eigenvalue weighted by Gasteiger charge is -2.33. The van der Waals surface area contributed by atoms with E-state index in [1.54, 1.807) is 0 Å². The van der Waals surface area contributed by atoms with Crippen LogP contribution in [0.4, 0.5) is 0 Å². The molecule has 1 N–H and O–H groups in total. The Bertz CT molecular complexity index is 401. The number of benzene rings is 1. The number of nitrogens with zero attached hydrogens (tertiary/aromatic N) is 1. The summed E-state index contributed by atoms with van der Waals surface area (Å²) in [6.07, 6.45) is 0. The van der Waals surface area contributed by atoms with Crippen LogP contribution in [0.25, 0.3) is 0 Å². The quantitative estimate of drug-likeness (QED) is 0.863. The Balaban J connectivity index is 1.86. The SMILES string of the molecule is CN(C)C(C)(C)CNCC1COc2ccccc21. The third-order valence-electron chi connectivity index (χ3n) is 3.96. The summed E-state index contributed by atoms with van der Waals surface area (Å²) in [5, 5.41) is 3.57. The van der Waals surface area contributed by atoms with Gasteiger partial charge in [-0.15, -0.1) is 0 Å². The van der Waals surface area contributed by atoms with Crippen LogP contribution in [0.5, 0.6) is 5.75 Å². The van der Waals surface area contributed by atoms with Crippen LogP contribution in [0.2, 0.25) is 0 Å². The molecule has 0 radical (unpaired) electrons. The summed E-state index contributed by atoms with van der Waals surface area (Å²) in [6, 6.07) is 8.35. The third kappa shape index (κ3) is 2.85. The molecule has 1 unspecified atom stereocenters. The van der Waals surface area contributed by atoms with E-state index in [1.165, 1.54) is 5.56 Å². The molecule has 1 heterocycles. The molecular formula is C15H24N2O. The van der Waals surface area contributed by atoms with Gasteiger partial charge in [0, 0.05) is 30.1 Å². The molecule has 1 atom stereocenters. The molecule has 3 nitrogen and oxygen atoms in total. The van der Waals surface area contributed by atoms with Crippen molar-refractivity contribution in [3.63, 3.8) is 0 Å². The molecule has 18 heavy (non-hydrogen) atoms. The van der Waals surface area contributed by atoms with E-state index in [2.05, 4.69) is 56.4 Å². The average Bonchev–Trinajstić information content (AvgIpc) is 2.72. The molecule has 100 valence electrons. The highest BCUT2D eigenvalue weighted by molar-refractivity contribution is 5.39. The first kappa shape index (κ1) is 13.4. The normalized spacial score (nSPS) is 18.8. The lowest BCUT2D eigenvalue weighted by Crippen LogP contribution is -2.47. The largest absolute Gasteiger partial charge is 0.493 e. The van der Waals surface area contributed by atoms with E-state index < -0.39 is 0 Å². The van der Waals surface area contributed by atoms with Crippen molar-refractivity contribution in [2.75, 3.05) is 33.8 Å². The molecule has 1 aliphatic rings. The van der Waals surface area contributed by atoms with Crippen LogP contribution in [0, 0.1) is 0 Å². The molecule has 2 rings (SSSR count). The van der Waals surface area contributed by atoms with Gasteiger partial charge >= 0.3 is 0 Å². The molecule has 0 aliphatic carbocycles. The number of nitrogens with one attached hydrogen (secondary N) is 1. The molecule has 1 aromatic carbocycles. The third-order valence-corrected chi connectivity index (χ3v) is 3.96. The molecular weight excluding hydrogens is 224 g/mol. The summed E-state index contributed by atoms with van der Waals surface area (Å²) in [5.41, 5.74) is 1.52. The number of ether oxygens (including phenoxy) is 1. The monoisotopic (exact) mass is 248 g/mol. The molecule has 1 aliphatic heterocycles. The number of fused-ring (bicyclic) bond motifs is 1. The summed E-state index contributed by atoms with van der Waals surface area (Å²) in [4.78, 5) is 2.25. The van der Waals surface area contributed by atoms with Crippen molar-refractivity contribution in [3.8, 4) is 5.75 Å². The lowest BCUT2D eigenvalue weighted by molar-refractivity contribution is 0.188. The van der Waals surface area contributed by atoms with Crippen LogP contribution >= 0.6 is 0 Å². The van der Waals surface area contributed by atoms with Gasteiger partial charge in [0.25, 0.3) is 0 Å². The van der Waals surface area contributed by atoms with E-state index in [1.807, 2.05) is 6.07 Å². The maximum Gasteiger partial charge on any atom is 0.122 e. The zero-order chi connectivity index (χ0) is 13.2. The topological polar surface area (TPSA) is 24.5 Å². The van der Waals surface area contributed by atoms with Crippen LogP contribution in [0.15, 0.2) is 24.3 Å². The molecule has 0 spiro atoms. The number of hydrogen-bond acceptors (Lipinski definition) is 3. The summed E-state index contributed by atoms with van der Waals surface area (Å²) in [5.74, 6) is 1.54. The molecule has 3 heteroatoms. The van der Waals surface area contributed by atoms with Crippen molar-refractivity contribution in [1.29, 1.82) is 0 Å². The number of para-hydroxylation sites is 1. The van der Waals surface area contributed by atoms with Gasteiger partial charge in [-0.2, -0.15) is 0 Å². The maximum absolute atomic E-state index is 5.69. The molecule has 0 saturated carbocycles. The van der Waals surface area contributed by atoms with Crippen molar-refractivity contribution in [3.05, 3.63) is 29.8 Å². The van der Waals surface area contributed by atoms with Crippen molar-refractivity contribution in [2.24, 2.45) is 0 Å². The molecule has 0 fully saturated rings. The van der Waals surface area contributed by atoms with Gasteiger partial charge in [0.15, 0.2) is 0 Å². The Morgan fingerprint density at radius 2 is 2.06 bits per heavy atom. The number of hydrogen-bond donors (Lipinski definition) is 1. The van der Waals surface area contributed by atoms with Crippen LogP contribution in [0.1, 0.15) is 25.3 Å². The second-order valence-corrected chi connectivity index (χ2v) is 5.88. The van der Waals surface area contributed by atoms with Crippen LogP contribution in [-0.2, 0) is 0 Å². The van der Waals surface area contributed by atoms with Crippen LogP contribution in [-0.4, -0.2) is 44.2 Å². The number of rotatable bonds is 5. The second-order valence-electron chi connectivity index (χ2n) is 5.88. The van der Waals surface area contributed by atoms with Gasteiger partial charge in [0.1, 0.15) is 5.75 Å². The van der Waals surface area contributed by atoms with Gasteiger partial charge in [0.2, 0.25) is 0 Å². The Hall–Kier alpha value is -1.06. The summed E-state index contributed by atoms with van der Waals surface area (Å²) in [6.45, 7) is 7.26. The van der Waals surface area contributed by atoms with Gasteiger partial charge in [-0.25, -0.2) is 0 Å². The first-order valence-corrected chi connectivity index (χ1v) is 6.60. The lowest BCUT2D eigenvalue weighted by atomic mass is 10.00. The van der Waals surface area contributed by atoms with Gasteiger partial charge in [-0.1, -0.05) is 18.2 Å². The molecule has 1 aromatic rings. The summed E-state index contributed by atoms with van der Waals surface area (Å²) in [7, 11) is 4.24. The first-order valence-electron chi connectivity index (χ1n) is 6.60. The van der Waals surface area contributed by atoms with Crippen molar-refractivity contribution in [2.45, 2.75) is 25.3 Å². The fourth-order valence-corrected chi connectivity index (χ4v) is 2.11. The van der Waals surface area contributed by atoms with E-state index in [4.69, 9.17) is 4.74 Å². The van der Waals surface area contributed by atoms with E-state index in [9.17, 15) is 0 Å². The van der Waals surface area contributed by atoms with E-state index >= 15 is 0 Å². The highest BCUT2D eigenvalue weighted by atomic mass is 16.5. The minimum Gasteiger partial charge on any atom is -0.493 e. The molecule has 0 aromatic heterocycles. The maximum atomic E-state index is 5.69. The Kier molecular flexibility index (Phi) is 3.93. The zero-order valence-corrected chi connectivity index (χ0v) is 11.9. The smallest absolute Gasteiger partial charge is 0.122 e. The second kappa shape index (κ2) is 5.29. The van der Waals surface area contributed by atoms with Crippen LogP contribution < -0.4 is 10.1 Å². The molecule has 0 bridgehead atoms. The van der Waals surface area contributed by atoms with Gasteiger partial charge in [-0.05, 0) is 34.0 Å². The fraction of sp³-hybridized carbons (Fsp3) is 0.600. The zero-order valence-electron chi connectivity index (χ0n) is 11.9. The summed E-state index contributed by atoms with van der Waals surface area (Å²) < 4.78 is 5.69. The van der Waals surface area contributed by atoms with Gasteiger partial charge < -0.3 is 15.0 Å². The molecule has 0 amide bonds. The van der Waals surface area contributed by atoms with E-state index in [0.717, 1.165) is 25.4 Å². The number of likely N-dealkylation sites (N-methyl/N-ethyl adjacent to an activating group) is 1. The predicted octanol–water partition coefficient (Wildman–Crippen LogP) is 2.09. The first-order chi connectivity index (χ1) is 8.50. The highest BCUT2D eigenvalue weighted by Gasteiger charge is 2.25. The minimum absolute atomic E-state index is 0.180. The highest BCUT2D eigenvalue weighted by Crippen LogP contribution is 2.32.